The molecule has 1 nitrogen and oxygen atoms in total. The normalized spacial score (nSPS) is 12.0. The molecule has 0 N–H and O–H groups in total. The highest BCUT2D eigenvalue weighted by atomic mass is 16.1. The number of benzene rings is 1. The number of aldehydes is 1. The predicted molar refractivity (Wildman–Crippen MR) is 64.7 cm³/mol. The first-order chi connectivity index (χ1) is 7.26. The highest BCUT2D eigenvalue weighted by Crippen LogP contribution is 2.09. The molecule has 1 aromatic carbocycles. The Morgan fingerprint density at radius 3 is 2.47 bits per heavy atom. The van der Waals surface area contributed by atoms with Crippen LogP contribution >= 0.6 is 0 Å². The van der Waals surface area contributed by atoms with Crippen molar-refractivity contribution >= 4 is 12.4 Å². The van der Waals surface area contributed by atoms with E-state index in [4.69, 9.17) is 0 Å². The summed E-state index contributed by atoms with van der Waals surface area (Å²) in [5, 5.41) is 0. The first kappa shape index (κ1) is 11.4. The number of rotatable bonds is 4. The van der Waals surface area contributed by atoms with Crippen molar-refractivity contribution in [1.29, 1.82) is 0 Å². The third-order valence-corrected chi connectivity index (χ3v) is 2.22. The van der Waals surface area contributed by atoms with Crippen molar-refractivity contribution in [3.8, 4) is 0 Å². The lowest BCUT2D eigenvalue weighted by Crippen LogP contribution is -1.80. The van der Waals surface area contributed by atoms with Crippen LogP contribution in [0.4, 0.5) is 0 Å². The molecule has 0 spiro atoms. The molecule has 78 valence electrons. The molecule has 0 atom stereocenters. The van der Waals surface area contributed by atoms with E-state index >= 15 is 0 Å². The third-order valence-electron chi connectivity index (χ3n) is 2.22. The molecule has 0 radical (unpaired) electrons. The van der Waals surface area contributed by atoms with E-state index in [-0.39, 0.29) is 0 Å². The standard InChI is InChI=1S/C14H16O/c1-3-13-6-8-14(9-7-13)11-12(2)5-4-10-15/h4-11H,3H2,1-2H3. The van der Waals surface area contributed by atoms with Gasteiger partial charge in [0.25, 0.3) is 0 Å². The van der Waals surface area contributed by atoms with Gasteiger partial charge in [-0.2, -0.15) is 0 Å². The molecule has 0 aliphatic carbocycles. The lowest BCUT2D eigenvalue weighted by molar-refractivity contribution is -0.104. The van der Waals surface area contributed by atoms with Crippen LogP contribution < -0.4 is 0 Å². The van der Waals surface area contributed by atoms with Crippen molar-refractivity contribution in [3.63, 3.8) is 0 Å². The maximum absolute atomic E-state index is 10.1. The van der Waals surface area contributed by atoms with Crippen molar-refractivity contribution in [2.75, 3.05) is 0 Å². The van der Waals surface area contributed by atoms with E-state index in [0.717, 1.165) is 18.3 Å². The minimum atomic E-state index is 0.789. The summed E-state index contributed by atoms with van der Waals surface area (Å²) >= 11 is 0. The zero-order valence-electron chi connectivity index (χ0n) is 9.23. The average Bonchev–Trinajstić information content (AvgIpc) is 2.27. The quantitative estimate of drug-likeness (QED) is 0.413. The molecule has 1 heteroatoms. The first-order valence-electron chi connectivity index (χ1n) is 5.15. The van der Waals surface area contributed by atoms with Crippen LogP contribution in [0.25, 0.3) is 6.08 Å². The Kier molecular flexibility index (Phi) is 4.55. The second-order valence-corrected chi connectivity index (χ2v) is 3.48. The van der Waals surface area contributed by atoms with Crippen molar-refractivity contribution in [2.45, 2.75) is 20.3 Å². The Bertz CT molecular complexity index is 369. The van der Waals surface area contributed by atoms with Gasteiger partial charge in [-0.15, -0.1) is 0 Å². The van der Waals surface area contributed by atoms with Gasteiger partial charge in [0.2, 0.25) is 0 Å². The van der Waals surface area contributed by atoms with Gasteiger partial charge in [-0.3, -0.25) is 4.79 Å². The summed E-state index contributed by atoms with van der Waals surface area (Å²) in [6.45, 7) is 4.12. The van der Waals surface area contributed by atoms with Gasteiger partial charge in [-0.25, -0.2) is 0 Å². The molecule has 15 heavy (non-hydrogen) atoms. The number of carbonyl (C=O) groups is 1. The first-order valence-corrected chi connectivity index (χ1v) is 5.15. The Balaban J connectivity index is 2.79. The van der Waals surface area contributed by atoms with Gasteiger partial charge in [0.05, 0.1) is 0 Å². The van der Waals surface area contributed by atoms with Crippen LogP contribution in [0.2, 0.25) is 0 Å². The second-order valence-electron chi connectivity index (χ2n) is 3.48. The van der Waals surface area contributed by atoms with E-state index in [2.05, 4.69) is 37.3 Å². The zero-order valence-corrected chi connectivity index (χ0v) is 9.23. The summed E-state index contributed by atoms with van der Waals surface area (Å²) in [6, 6.07) is 8.44. The van der Waals surface area contributed by atoms with E-state index in [1.807, 2.05) is 6.92 Å². The third kappa shape index (κ3) is 3.94. The molecule has 0 heterocycles. The molecule has 0 fully saturated rings. The maximum atomic E-state index is 10.1. The van der Waals surface area contributed by atoms with Crippen molar-refractivity contribution in [3.05, 3.63) is 53.1 Å². The summed E-state index contributed by atoms with van der Waals surface area (Å²) in [4.78, 5) is 10.1. The van der Waals surface area contributed by atoms with Crippen molar-refractivity contribution in [2.24, 2.45) is 0 Å². The monoisotopic (exact) mass is 200 g/mol. The minimum Gasteiger partial charge on any atom is -0.299 e. The van der Waals surface area contributed by atoms with Crippen LogP contribution in [0.5, 0.6) is 0 Å². The summed E-state index contributed by atoms with van der Waals surface area (Å²) in [5.41, 5.74) is 3.58. The summed E-state index contributed by atoms with van der Waals surface area (Å²) in [5.74, 6) is 0. The molecule has 1 rings (SSSR count). The molecule has 0 saturated carbocycles. The van der Waals surface area contributed by atoms with Gasteiger partial charge in [0.1, 0.15) is 6.29 Å². The molecule has 0 unspecified atom stereocenters. The highest BCUT2D eigenvalue weighted by Gasteiger charge is 1.90. The van der Waals surface area contributed by atoms with Crippen molar-refractivity contribution < 1.29 is 4.79 Å². The fourth-order valence-corrected chi connectivity index (χ4v) is 1.35. The van der Waals surface area contributed by atoms with Crippen LogP contribution in [0.15, 0.2) is 42.0 Å². The van der Waals surface area contributed by atoms with Crippen LogP contribution in [0.1, 0.15) is 25.0 Å². The summed E-state index contributed by atoms with van der Waals surface area (Å²) in [6.07, 6.45) is 7.22. The fraction of sp³-hybridized carbons (Fsp3) is 0.214. The Labute approximate surface area is 91.1 Å². The minimum absolute atomic E-state index is 0.789. The SMILES string of the molecule is CCc1ccc(C=C(C)C=CC=O)cc1. The van der Waals surface area contributed by atoms with Gasteiger partial charge >= 0.3 is 0 Å². The largest absolute Gasteiger partial charge is 0.299 e. The highest BCUT2D eigenvalue weighted by molar-refractivity contribution is 5.67. The molecule has 0 bridgehead atoms. The lowest BCUT2D eigenvalue weighted by Gasteiger charge is -1.98. The number of aryl methyl sites for hydroxylation is 1. The number of hydrogen-bond donors (Lipinski definition) is 0. The lowest BCUT2D eigenvalue weighted by atomic mass is 10.1. The van der Waals surface area contributed by atoms with Gasteiger partial charge in [-0.1, -0.05) is 48.9 Å². The van der Waals surface area contributed by atoms with E-state index in [0.29, 0.717) is 0 Å². The van der Waals surface area contributed by atoms with E-state index in [1.54, 1.807) is 6.08 Å². The number of hydrogen-bond acceptors (Lipinski definition) is 1. The van der Waals surface area contributed by atoms with Crippen LogP contribution in [0, 0.1) is 0 Å². The Hall–Kier alpha value is -1.63. The van der Waals surface area contributed by atoms with E-state index < -0.39 is 0 Å². The van der Waals surface area contributed by atoms with Gasteiger partial charge in [-0.05, 0) is 30.5 Å². The fourth-order valence-electron chi connectivity index (χ4n) is 1.35. The zero-order chi connectivity index (χ0) is 11.1. The van der Waals surface area contributed by atoms with Gasteiger partial charge in [0.15, 0.2) is 0 Å². The van der Waals surface area contributed by atoms with Crippen LogP contribution in [-0.2, 0) is 11.2 Å². The van der Waals surface area contributed by atoms with Crippen LogP contribution in [0.3, 0.4) is 0 Å². The molecule has 0 aliphatic heterocycles. The molecule has 1 aromatic rings. The average molecular weight is 200 g/mol. The summed E-state index contributed by atoms with van der Waals surface area (Å²) in [7, 11) is 0. The molecule has 0 saturated heterocycles. The Morgan fingerprint density at radius 1 is 1.27 bits per heavy atom. The molecular formula is C14H16O. The maximum Gasteiger partial charge on any atom is 0.142 e. The Morgan fingerprint density at radius 2 is 1.93 bits per heavy atom. The van der Waals surface area contributed by atoms with E-state index in [1.165, 1.54) is 17.2 Å². The van der Waals surface area contributed by atoms with Gasteiger partial charge in [0, 0.05) is 0 Å². The van der Waals surface area contributed by atoms with E-state index in [9.17, 15) is 4.79 Å². The smallest absolute Gasteiger partial charge is 0.142 e. The van der Waals surface area contributed by atoms with Crippen LogP contribution in [-0.4, -0.2) is 6.29 Å². The van der Waals surface area contributed by atoms with Crippen molar-refractivity contribution in [1.82, 2.24) is 0 Å². The molecular weight excluding hydrogens is 184 g/mol. The molecule has 0 aliphatic rings. The predicted octanol–water partition coefficient (Wildman–Crippen LogP) is 3.41. The number of carbonyl (C=O) groups excluding carboxylic acids is 1. The number of allylic oxidation sites excluding steroid dienone is 3. The summed E-state index contributed by atoms with van der Waals surface area (Å²) < 4.78 is 0. The second kappa shape index (κ2) is 5.97. The van der Waals surface area contributed by atoms with Gasteiger partial charge < -0.3 is 0 Å². The molecule has 0 amide bonds. The molecule has 0 aromatic heterocycles. The topological polar surface area (TPSA) is 17.1 Å².